The Labute approximate surface area is 95.4 Å². The molecular formula is C12H15ClN2. The van der Waals surface area contributed by atoms with Crippen LogP contribution >= 0.6 is 11.6 Å². The van der Waals surface area contributed by atoms with Crippen molar-refractivity contribution in [1.82, 2.24) is 4.90 Å². The van der Waals surface area contributed by atoms with Crippen molar-refractivity contribution < 1.29 is 0 Å². The third kappa shape index (κ3) is 2.72. The van der Waals surface area contributed by atoms with E-state index >= 15 is 0 Å². The number of nitrogens with zero attached hydrogens (tertiary/aromatic N) is 1. The van der Waals surface area contributed by atoms with E-state index in [0.717, 1.165) is 23.0 Å². The Bertz CT molecular complexity index is 372. The number of amidine groups is 1. The predicted molar refractivity (Wildman–Crippen MR) is 63.4 cm³/mol. The Morgan fingerprint density at radius 1 is 1.53 bits per heavy atom. The smallest absolute Gasteiger partial charge is 0.0989 e. The fourth-order valence-electron chi connectivity index (χ4n) is 1.66. The molecule has 1 aliphatic rings. The van der Waals surface area contributed by atoms with Crippen LogP contribution in [0.4, 0.5) is 0 Å². The topological polar surface area (TPSA) is 27.1 Å². The zero-order valence-corrected chi connectivity index (χ0v) is 9.59. The summed E-state index contributed by atoms with van der Waals surface area (Å²) in [5.41, 5.74) is 1.16. The van der Waals surface area contributed by atoms with E-state index in [4.69, 9.17) is 17.0 Å². The summed E-state index contributed by atoms with van der Waals surface area (Å²) in [6.07, 6.45) is 2.36. The van der Waals surface area contributed by atoms with Crippen LogP contribution in [0.2, 0.25) is 5.02 Å². The summed E-state index contributed by atoms with van der Waals surface area (Å²) < 4.78 is 0. The Kier molecular flexibility index (Phi) is 2.96. The molecule has 0 spiro atoms. The highest BCUT2D eigenvalue weighted by molar-refractivity contribution is 6.30. The Hall–Kier alpha value is -1.02. The molecule has 1 aromatic rings. The highest BCUT2D eigenvalue weighted by Gasteiger charge is 2.28. The minimum absolute atomic E-state index is 0.509. The van der Waals surface area contributed by atoms with Crippen LogP contribution in [0.1, 0.15) is 18.4 Å². The largest absolute Gasteiger partial charge is 0.359 e. The summed E-state index contributed by atoms with van der Waals surface area (Å²) >= 11 is 5.91. The monoisotopic (exact) mass is 222 g/mol. The summed E-state index contributed by atoms with van der Waals surface area (Å²) in [7, 11) is 1.97. The molecule has 1 fully saturated rings. The number of rotatable bonds is 3. The predicted octanol–water partition coefficient (Wildman–Crippen LogP) is 3.16. The molecule has 0 unspecified atom stereocenters. The lowest BCUT2D eigenvalue weighted by atomic mass is 10.2. The van der Waals surface area contributed by atoms with E-state index in [2.05, 4.69) is 0 Å². The van der Waals surface area contributed by atoms with Crippen LogP contribution in [-0.4, -0.2) is 17.8 Å². The first kappa shape index (κ1) is 10.5. The normalized spacial score (nSPS) is 15.1. The van der Waals surface area contributed by atoms with Crippen molar-refractivity contribution in [3.8, 4) is 0 Å². The molecule has 0 amide bonds. The molecule has 1 saturated carbocycles. The van der Waals surface area contributed by atoms with Crippen molar-refractivity contribution >= 4 is 17.4 Å². The summed E-state index contributed by atoms with van der Waals surface area (Å²) in [5.74, 6) is 1.27. The number of hydrogen-bond acceptors (Lipinski definition) is 1. The lowest BCUT2D eigenvalue weighted by molar-refractivity contribution is 0.481. The van der Waals surface area contributed by atoms with E-state index in [1.807, 2.05) is 36.2 Å². The maximum absolute atomic E-state index is 7.91. The molecule has 1 aliphatic carbocycles. The Morgan fingerprint density at radius 3 is 2.87 bits per heavy atom. The van der Waals surface area contributed by atoms with Gasteiger partial charge in [0.1, 0.15) is 0 Å². The maximum Gasteiger partial charge on any atom is 0.0989 e. The number of nitrogens with one attached hydrogen (secondary N) is 1. The second-order valence-electron chi connectivity index (χ2n) is 4.15. The molecule has 3 heteroatoms. The van der Waals surface area contributed by atoms with Crippen molar-refractivity contribution in [1.29, 1.82) is 5.41 Å². The van der Waals surface area contributed by atoms with E-state index in [0.29, 0.717) is 5.92 Å². The average molecular weight is 223 g/mol. The van der Waals surface area contributed by atoms with E-state index in [1.54, 1.807) is 0 Å². The molecule has 0 radical (unpaired) electrons. The molecule has 0 atom stereocenters. The zero-order chi connectivity index (χ0) is 10.8. The van der Waals surface area contributed by atoms with Crippen LogP contribution in [-0.2, 0) is 6.54 Å². The molecule has 0 bridgehead atoms. The lowest BCUT2D eigenvalue weighted by Gasteiger charge is -2.19. The van der Waals surface area contributed by atoms with Gasteiger partial charge in [0.15, 0.2) is 0 Å². The molecule has 1 aromatic carbocycles. The first-order valence-electron chi connectivity index (χ1n) is 5.21. The average Bonchev–Trinajstić information content (AvgIpc) is 2.99. The van der Waals surface area contributed by atoms with Gasteiger partial charge in [-0.25, -0.2) is 0 Å². The van der Waals surface area contributed by atoms with Crippen LogP contribution in [0.3, 0.4) is 0 Å². The van der Waals surface area contributed by atoms with Crippen molar-refractivity contribution in [3.63, 3.8) is 0 Å². The van der Waals surface area contributed by atoms with Gasteiger partial charge in [-0.05, 0) is 30.5 Å². The standard InChI is InChI=1S/C12H15ClN2/c1-15(12(14)10-5-6-10)8-9-3-2-4-11(13)7-9/h2-4,7,10,14H,5-6,8H2,1H3. The van der Waals surface area contributed by atoms with Crippen LogP contribution in [0.25, 0.3) is 0 Å². The van der Waals surface area contributed by atoms with Gasteiger partial charge < -0.3 is 4.90 Å². The molecule has 2 rings (SSSR count). The number of hydrogen-bond donors (Lipinski definition) is 1. The third-order valence-electron chi connectivity index (χ3n) is 2.68. The molecule has 2 nitrogen and oxygen atoms in total. The van der Waals surface area contributed by atoms with Gasteiger partial charge in [0, 0.05) is 24.5 Å². The SMILES string of the molecule is CN(Cc1cccc(Cl)c1)C(=N)C1CC1. The van der Waals surface area contributed by atoms with Gasteiger partial charge in [0.2, 0.25) is 0 Å². The minimum atomic E-state index is 0.509. The van der Waals surface area contributed by atoms with Gasteiger partial charge in [-0.3, -0.25) is 5.41 Å². The molecule has 1 N–H and O–H groups in total. The third-order valence-corrected chi connectivity index (χ3v) is 2.92. The molecule has 80 valence electrons. The molecule has 0 heterocycles. The molecular weight excluding hydrogens is 208 g/mol. The summed E-state index contributed by atoms with van der Waals surface area (Å²) in [4.78, 5) is 2.00. The summed E-state index contributed by atoms with van der Waals surface area (Å²) in [5, 5.41) is 8.67. The van der Waals surface area contributed by atoms with Gasteiger partial charge >= 0.3 is 0 Å². The lowest BCUT2D eigenvalue weighted by Crippen LogP contribution is -2.26. The van der Waals surface area contributed by atoms with Crippen LogP contribution in [0.15, 0.2) is 24.3 Å². The van der Waals surface area contributed by atoms with Crippen molar-refractivity contribution in [3.05, 3.63) is 34.9 Å². The summed E-state index contributed by atoms with van der Waals surface area (Å²) in [6.45, 7) is 0.774. The highest BCUT2D eigenvalue weighted by atomic mass is 35.5. The maximum atomic E-state index is 7.91. The first-order valence-corrected chi connectivity index (χ1v) is 5.58. The summed E-state index contributed by atoms with van der Waals surface area (Å²) in [6, 6.07) is 7.82. The van der Waals surface area contributed by atoms with Gasteiger partial charge in [0.05, 0.1) is 5.84 Å². The number of benzene rings is 1. The molecule has 0 aliphatic heterocycles. The zero-order valence-electron chi connectivity index (χ0n) is 8.83. The quantitative estimate of drug-likeness (QED) is 0.617. The van der Waals surface area contributed by atoms with Gasteiger partial charge in [-0.15, -0.1) is 0 Å². The Balaban J connectivity index is 1.98. The first-order chi connectivity index (χ1) is 7.16. The highest BCUT2D eigenvalue weighted by Crippen LogP contribution is 2.31. The van der Waals surface area contributed by atoms with E-state index < -0.39 is 0 Å². The second-order valence-corrected chi connectivity index (χ2v) is 4.58. The van der Waals surface area contributed by atoms with E-state index in [9.17, 15) is 0 Å². The fourth-order valence-corrected chi connectivity index (χ4v) is 1.88. The van der Waals surface area contributed by atoms with Crippen LogP contribution < -0.4 is 0 Å². The van der Waals surface area contributed by atoms with Gasteiger partial charge in [-0.1, -0.05) is 23.7 Å². The molecule has 15 heavy (non-hydrogen) atoms. The van der Waals surface area contributed by atoms with Crippen molar-refractivity contribution in [2.24, 2.45) is 5.92 Å². The van der Waals surface area contributed by atoms with Gasteiger partial charge in [0.25, 0.3) is 0 Å². The van der Waals surface area contributed by atoms with Gasteiger partial charge in [-0.2, -0.15) is 0 Å². The molecule has 0 aromatic heterocycles. The minimum Gasteiger partial charge on any atom is -0.359 e. The van der Waals surface area contributed by atoms with E-state index in [-0.39, 0.29) is 0 Å². The van der Waals surface area contributed by atoms with Crippen LogP contribution in [0.5, 0.6) is 0 Å². The fraction of sp³-hybridized carbons (Fsp3) is 0.417. The van der Waals surface area contributed by atoms with Crippen LogP contribution in [0, 0.1) is 11.3 Å². The molecule has 0 saturated heterocycles. The Morgan fingerprint density at radius 2 is 2.27 bits per heavy atom. The van der Waals surface area contributed by atoms with Crippen molar-refractivity contribution in [2.45, 2.75) is 19.4 Å². The van der Waals surface area contributed by atoms with E-state index in [1.165, 1.54) is 12.8 Å². The van der Waals surface area contributed by atoms with Crippen molar-refractivity contribution in [2.75, 3.05) is 7.05 Å². The second kappa shape index (κ2) is 4.23. The number of halogens is 1.